The van der Waals surface area contributed by atoms with Crippen molar-refractivity contribution < 1.29 is 13.2 Å². The van der Waals surface area contributed by atoms with Crippen molar-refractivity contribution in [2.24, 2.45) is 5.92 Å². The normalized spacial score (nSPS) is 15.7. The SMILES string of the molecule is CCCn1c(=O)sc2cc(S(=O)(=O)N3CCC(C(=O)Nc4ccc(C)c(C)c4)CC3)ccc21. The van der Waals surface area contributed by atoms with E-state index in [2.05, 4.69) is 5.32 Å². The fourth-order valence-corrected chi connectivity index (χ4v) is 6.74. The topological polar surface area (TPSA) is 88.5 Å². The number of hydrogen-bond acceptors (Lipinski definition) is 5. The molecule has 33 heavy (non-hydrogen) atoms. The number of amides is 1. The molecule has 4 rings (SSSR count). The maximum atomic E-state index is 13.2. The van der Waals surface area contributed by atoms with Crippen molar-refractivity contribution in [3.8, 4) is 0 Å². The van der Waals surface area contributed by atoms with Crippen LogP contribution in [0.25, 0.3) is 10.2 Å². The fourth-order valence-electron chi connectivity index (χ4n) is 4.21. The molecular formula is C24H29N3O4S2. The fraction of sp³-hybridized carbons (Fsp3) is 0.417. The Bertz CT molecular complexity index is 1350. The molecule has 9 heteroatoms. The van der Waals surface area contributed by atoms with Crippen molar-refractivity contribution in [2.75, 3.05) is 18.4 Å². The molecule has 3 aromatic rings. The molecule has 0 radical (unpaired) electrons. The van der Waals surface area contributed by atoms with E-state index in [1.165, 1.54) is 9.87 Å². The first-order valence-corrected chi connectivity index (χ1v) is 13.5. The first-order chi connectivity index (χ1) is 15.7. The van der Waals surface area contributed by atoms with Gasteiger partial charge in [-0.2, -0.15) is 4.31 Å². The van der Waals surface area contributed by atoms with Gasteiger partial charge in [-0.05, 0) is 74.6 Å². The highest BCUT2D eigenvalue weighted by atomic mass is 32.2. The Kier molecular flexibility index (Phi) is 6.74. The highest BCUT2D eigenvalue weighted by Gasteiger charge is 2.32. The van der Waals surface area contributed by atoms with Gasteiger partial charge in [0, 0.05) is 31.2 Å². The van der Waals surface area contributed by atoms with E-state index in [1.54, 1.807) is 22.8 Å². The molecule has 176 valence electrons. The highest BCUT2D eigenvalue weighted by molar-refractivity contribution is 7.89. The lowest BCUT2D eigenvalue weighted by molar-refractivity contribution is -0.120. The van der Waals surface area contributed by atoms with Crippen LogP contribution in [0, 0.1) is 19.8 Å². The number of nitrogens with one attached hydrogen (secondary N) is 1. The van der Waals surface area contributed by atoms with Crippen LogP contribution >= 0.6 is 11.3 Å². The third-order valence-corrected chi connectivity index (χ3v) is 9.16. The minimum atomic E-state index is -3.69. The first kappa shape index (κ1) is 23.7. The molecule has 2 heterocycles. The molecule has 0 atom stereocenters. The molecule has 1 N–H and O–H groups in total. The Morgan fingerprint density at radius 1 is 1.09 bits per heavy atom. The van der Waals surface area contributed by atoms with Gasteiger partial charge in [0.05, 0.1) is 15.1 Å². The number of carbonyl (C=O) groups excluding carboxylic acids is 1. The lowest BCUT2D eigenvalue weighted by Gasteiger charge is -2.30. The minimum Gasteiger partial charge on any atom is -0.326 e. The van der Waals surface area contributed by atoms with Crippen molar-refractivity contribution in [1.82, 2.24) is 8.87 Å². The van der Waals surface area contributed by atoms with Gasteiger partial charge in [0.1, 0.15) is 0 Å². The second-order valence-corrected chi connectivity index (χ2v) is 11.5. The van der Waals surface area contributed by atoms with Crippen molar-refractivity contribution in [3.05, 3.63) is 57.2 Å². The van der Waals surface area contributed by atoms with Crippen LogP contribution in [0.3, 0.4) is 0 Å². The molecule has 1 saturated heterocycles. The van der Waals surface area contributed by atoms with Crippen LogP contribution in [0.1, 0.15) is 37.3 Å². The van der Waals surface area contributed by atoms with E-state index < -0.39 is 10.0 Å². The predicted molar refractivity (Wildman–Crippen MR) is 132 cm³/mol. The Hall–Kier alpha value is -2.49. The molecule has 0 bridgehead atoms. The van der Waals surface area contributed by atoms with E-state index in [0.29, 0.717) is 37.2 Å². The van der Waals surface area contributed by atoms with Gasteiger partial charge in [-0.25, -0.2) is 8.42 Å². The van der Waals surface area contributed by atoms with Crippen LogP contribution in [0.4, 0.5) is 5.69 Å². The monoisotopic (exact) mass is 487 g/mol. The average molecular weight is 488 g/mol. The summed E-state index contributed by atoms with van der Waals surface area (Å²) in [7, 11) is -3.69. The second-order valence-electron chi connectivity index (χ2n) is 8.62. The molecule has 0 saturated carbocycles. The number of carbonyl (C=O) groups is 1. The summed E-state index contributed by atoms with van der Waals surface area (Å²) in [6.45, 7) is 7.22. The molecule has 1 amide bonds. The van der Waals surface area contributed by atoms with E-state index >= 15 is 0 Å². The summed E-state index contributed by atoms with van der Waals surface area (Å²) in [5.74, 6) is -0.299. The molecule has 0 unspecified atom stereocenters. The zero-order chi connectivity index (χ0) is 23.8. The molecule has 7 nitrogen and oxygen atoms in total. The number of aryl methyl sites for hydroxylation is 3. The lowest BCUT2D eigenvalue weighted by Crippen LogP contribution is -2.41. The van der Waals surface area contributed by atoms with Crippen LogP contribution in [0.2, 0.25) is 0 Å². The maximum Gasteiger partial charge on any atom is 0.308 e. The molecule has 2 aromatic carbocycles. The standard InChI is InChI=1S/C24H29N3O4S2/c1-4-11-27-21-8-7-20(15-22(21)32-24(27)29)33(30,31)26-12-9-18(10-13-26)23(28)25-19-6-5-16(2)17(3)14-19/h5-8,14-15,18H,4,9-13H2,1-3H3,(H,25,28). The zero-order valence-corrected chi connectivity index (χ0v) is 20.8. The number of hydrogen-bond donors (Lipinski definition) is 1. The van der Waals surface area contributed by atoms with Gasteiger partial charge in [-0.15, -0.1) is 0 Å². The van der Waals surface area contributed by atoms with Gasteiger partial charge in [0.15, 0.2) is 0 Å². The molecule has 1 aromatic heterocycles. The van der Waals surface area contributed by atoms with Gasteiger partial charge >= 0.3 is 4.87 Å². The summed E-state index contributed by atoms with van der Waals surface area (Å²) in [5.41, 5.74) is 3.81. The van der Waals surface area contributed by atoms with E-state index in [-0.39, 0.29) is 21.6 Å². The Morgan fingerprint density at radius 3 is 2.48 bits per heavy atom. The zero-order valence-electron chi connectivity index (χ0n) is 19.1. The van der Waals surface area contributed by atoms with Gasteiger partial charge in [0.25, 0.3) is 0 Å². The van der Waals surface area contributed by atoms with E-state index in [1.807, 2.05) is 39.0 Å². The summed E-state index contributed by atoms with van der Waals surface area (Å²) in [6.07, 6.45) is 1.77. The van der Waals surface area contributed by atoms with Crippen LogP contribution in [0.15, 0.2) is 46.1 Å². The van der Waals surface area contributed by atoms with Crippen LogP contribution < -0.4 is 10.2 Å². The number of benzene rings is 2. The van der Waals surface area contributed by atoms with Crippen molar-refractivity contribution in [3.63, 3.8) is 0 Å². The number of aromatic nitrogens is 1. The first-order valence-electron chi connectivity index (χ1n) is 11.2. The van der Waals surface area contributed by atoms with Crippen molar-refractivity contribution >= 4 is 43.2 Å². The highest BCUT2D eigenvalue weighted by Crippen LogP contribution is 2.28. The Balaban J connectivity index is 1.44. The molecular weight excluding hydrogens is 458 g/mol. The number of piperidine rings is 1. The molecule has 1 fully saturated rings. The average Bonchev–Trinajstić information content (AvgIpc) is 3.11. The minimum absolute atomic E-state index is 0.0706. The Morgan fingerprint density at radius 2 is 1.82 bits per heavy atom. The summed E-state index contributed by atoms with van der Waals surface area (Å²) in [5, 5.41) is 2.97. The van der Waals surface area contributed by atoms with Crippen molar-refractivity contribution in [2.45, 2.75) is 51.5 Å². The third-order valence-electron chi connectivity index (χ3n) is 6.32. The second kappa shape index (κ2) is 9.40. The van der Waals surface area contributed by atoms with Gasteiger partial charge < -0.3 is 5.32 Å². The lowest BCUT2D eigenvalue weighted by atomic mass is 9.97. The summed E-state index contributed by atoms with van der Waals surface area (Å²) in [6, 6.07) is 10.7. The van der Waals surface area contributed by atoms with Gasteiger partial charge in [-0.1, -0.05) is 24.3 Å². The largest absolute Gasteiger partial charge is 0.326 e. The summed E-state index contributed by atoms with van der Waals surface area (Å²) >= 11 is 1.07. The molecule has 0 aliphatic carbocycles. The number of nitrogens with zero attached hydrogens (tertiary/aromatic N) is 2. The van der Waals surface area contributed by atoms with Gasteiger partial charge in [0.2, 0.25) is 15.9 Å². The van der Waals surface area contributed by atoms with E-state index in [4.69, 9.17) is 0 Å². The number of anilines is 1. The third kappa shape index (κ3) is 4.76. The molecule has 1 aliphatic rings. The number of rotatable bonds is 6. The van der Waals surface area contributed by atoms with E-state index in [9.17, 15) is 18.0 Å². The van der Waals surface area contributed by atoms with Crippen LogP contribution in [0.5, 0.6) is 0 Å². The van der Waals surface area contributed by atoms with Gasteiger partial charge in [-0.3, -0.25) is 14.2 Å². The van der Waals surface area contributed by atoms with Crippen LogP contribution in [-0.2, 0) is 21.4 Å². The van der Waals surface area contributed by atoms with Crippen LogP contribution in [-0.4, -0.2) is 36.3 Å². The number of sulfonamides is 1. The Labute approximate surface area is 198 Å². The summed E-state index contributed by atoms with van der Waals surface area (Å²) in [4.78, 5) is 25.1. The maximum absolute atomic E-state index is 13.2. The predicted octanol–water partition coefficient (Wildman–Crippen LogP) is 4.13. The van der Waals surface area contributed by atoms with E-state index in [0.717, 1.165) is 34.5 Å². The quantitative estimate of drug-likeness (QED) is 0.566. The van der Waals surface area contributed by atoms with Crippen molar-refractivity contribution in [1.29, 1.82) is 0 Å². The number of thiazole rings is 1. The summed E-state index contributed by atoms with van der Waals surface area (Å²) < 4.78 is 30.3. The molecule has 0 spiro atoms. The number of fused-ring (bicyclic) bond motifs is 1. The molecule has 1 aliphatic heterocycles. The smallest absolute Gasteiger partial charge is 0.308 e.